The molecule has 0 radical (unpaired) electrons. The van der Waals surface area contributed by atoms with E-state index in [0.29, 0.717) is 17.3 Å². The molecule has 1 fully saturated rings. The highest BCUT2D eigenvalue weighted by atomic mass is 16.5. The summed E-state index contributed by atoms with van der Waals surface area (Å²) in [5.74, 6) is 1.93. The number of likely N-dealkylation sites (tertiary alicyclic amines) is 1. The van der Waals surface area contributed by atoms with Crippen LogP contribution in [0.3, 0.4) is 0 Å². The number of carbonyl (C=O) groups excluding carboxylic acids is 1. The number of amides is 1. The zero-order valence-electron chi connectivity index (χ0n) is 14.8. The second-order valence-electron chi connectivity index (χ2n) is 6.32. The first-order valence-corrected chi connectivity index (χ1v) is 9.00. The van der Waals surface area contributed by atoms with E-state index in [9.17, 15) is 4.79 Å². The number of anilines is 2. The predicted molar refractivity (Wildman–Crippen MR) is 103 cm³/mol. The van der Waals surface area contributed by atoms with E-state index in [1.54, 1.807) is 6.20 Å². The Kier molecular flexibility index (Phi) is 4.96. The average molecular weight is 360 g/mol. The van der Waals surface area contributed by atoms with Gasteiger partial charge in [-0.15, -0.1) is 0 Å². The fourth-order valence-corrected chi connectivity index (χ4v) is 3.00. The van der Waals surface area contributed by atoms with Crippen molar-refractivity contribution in [3.8, 4) is 11.5 Å². The smallest absolute Gasteiger partial charge is 0.274 e. The van der Waals surface area contributed by atoms with Crippen LogP contribution in [0.4, 0.5) is 11.5 Å². The molecule has 4 rings (SSSR count). The minimum absolute atomic E-state index is 0.0561. The number of carbonyl (C=O) groups is 1. The number of benzene rings is 2. The van der Waals surface area contributed by atoms with Gasteiger partial charge in [0.05, 0.1) is 18.1 Å². The minimum Gasteiger partial charge on any atom is -0.455 e. The number of hydrogen-bond donors (Lipinski definition) is 1. The van der Waals surface area contributed by atoms with Crippen LogP contribution in [0.5, 0.6) is 11.5 Å². The molecule has 136 valence electrons. The van der Waals surface area contributed by atoms with E-state index in [-0.39, 0.29) is 5.91 Å². The van der Waals surface area contributed by atoms with Gasteiger partial charge in [-0.1, -0.05) is 30.3 Å². The van der Waals surface area contributed by atoms with Crippen LogP contribution in [0.2, 0.25) is 0 Å². The van der Waals surface area contributed by atoms with Crippen molar-refractivity contribution in [2.45, 2.75) is 12.8 Å². The molecule has 1 aliphatic rings. The second kappa shape index (κ2) is 7.86. The van der Waals surface area contributed by atoms with E-state index in [1.807, 2.05) is 59.5 Å². The Morgan fingerprint density at radius 2 is 1.67 bits per heavy atom. The van der Waals surface area contributed by atoms with Crippen molar-refractivity contribution in [3.63, 3.8) is 0 Å². The van der Waals surface area contributed by atoms with E-state index in [0.717, 1.165) is 37.4 Å². The van der Waals surface area contributed by atoms with Crippen LogP contribution >= 0.6 is 0 Å². The normalized spacial score (nSPS) is 13.4. The van der Waals surface area contributed by atoms with E-state index in [1.165, 1.54) is 6.20 Å². The lowest BCUT2D eigenvalue weighted by Crippen LogP contribution is -2.28. The third kappa shape index (κ3) is 4.06. The fourth-order valence-electron chi connectivity index (χ4n) is 3.00. The molecule has 0 unspecified atom stereocenters. The van der Waals surface area contributed by atoms with Crippen LogP contribution in [0.25, 0.3) is 0 Å². The van der Waals surface area contributed by atoms with E-state index < -0.39 is 0 Å². The molecule has 0 aliphatic carbocycles. The van der Waals surface area contributed by atoms with Gasteiger partial charge < -0.3 is 15.0 Å². The Morgan fingerprint density at radius 1 is 0.926 bits per heavy atom. The summed E-state index contributed by atoms with van der Waals surface area (Å²) in [6.45, 7) is 1.59. The van der Waals surface area contributed by atoms with Crippen molar-refractivity contribution in [1.29, 1.82) is 0 Å². The van der Waals surface area contributed by atoms with Gasteiger partial charge in [0.15, 0.2) is 5.75 Å². The van der Waals surface area contributed by atoms with Crippen molar-refractivity contribution in [3.05, 3.63) is 72.7 Å². The predicted octanol–water partition coefficient (Wildman–Crippen LogP) is 4.25. The minimum atomic E-state index is -0.0561. The van der Waals surface area contributed by atoms with Gasteiger partial charge in [-0.2, -0.15) is 0 Å². The molecule has 1 aromatic heterocycles. The maximum absolute atomic E-state index is 12.4. The molecule has 1 saturated heterocycles. The van der Waals surface area contributed by atoms with Gasteiger partial charge in [0.2, 0.25) is 0 Å². The topological polar surface area (TPSA) is 67.3 Å². The molecule has 1 aliphatic heterocycles. The molecule has 0 spiro atoms. The zero-order valence-corrected chi connectivity index (χ0v) is 14.8. The number of nitrogens with zero attached hydrogens (tertiary/aromatic N) is 3. The molecule has 1 amide bonds. The first kappa shape index (κ1) is 17.0. The molecule has 6 heteroatoms. The molecule has 2 aromatic carbocycles. The van der Waals surface area contributed by atoms with E-state index >= 15 is 0 Å². The Bertz CT molecular complexity index is 907. The number of rotatable bonds is 5. The summed E-state index contributed by atoms with van der Waals surface area (Å²) in [6.07, 6.45) is 5.19. The molecular weight excluding hydrogens is 340 g/mol. The van der Waals surface area contributed by atoms with Crippen LogP contribution in [0.15, 0.2) is 67.0 Å². The van der Waals surface area contributed by atoms with Gasteiger partial charge in [0.25, 0.3) is 5.91 Å². The number of nitrogens with one attached hydrogen (secondary N) is 1. The molecule has 6 nitrogen and oxygen atoms in total. The molecule has 1 N–H and O–H groups in total. The van der Waals surface area contributed by atoms with Gasteiger partial charge >= 0.3 is 0 Å². The Hall–Kier alpha value is -3.41. The van der Waals surface area contributed by atoms with Crippen molar-refractivity contribution >= 4 is 17.4 Å². The maximum Gasteiger partial charge on any atom is 0.274 e. The molecular formula is C21H20N4O2. The van der Waals surface area contributed by atoms with E-state index in [4.69, 9.17) is 4.74 Å². The fraction of sp³-hybridized carbons (Fsp3) is 0.190. The highest BCUT2D eigenvalue weighted by Crippen LogP contribution is 2.30. The lowest BCUT2D eigenvalue weighted by molar-refractivity contribution is 0.0786. The van der Waals surface area contributed by atoms with Crippen LogP contribution < -0.4 is 10.1 Å². The third-order valence-electron chi connectivity index (χ3n) is 4.39. The van der Waals surface area contributed by atoms with Crippen LogP contribution in [-0.4, -0.2) is 33.9 Å². The summed E-state index contributed by atoms with van der Waals surface area (Å²) < 4.78 is 5.94. The summed E-state index contributed by atoms with van der Waals surface area (Å²) >= 11 is 0. The second-order valence-corrected chi connectivity index (χ2v) is 6.32. The number of ether oxygens (including phenoxy) is 1. The molecule has 3 aromatic rings. The first-order chi connectivity index (χ1) is 13.3. The summed E-state index contributed by atoms with van der Waals surface area (Å²) in [4.78, 5) is 22.8. The Balaban J connectivity index is 1.48. The molecule has 0 saturated carbocycles. The van der Waals surface area contributed by atoms with Gasteiger partial charge in [0, 0.05) is 13.1 Å². The summed E-state index contributed by atoms with van der Waals surface area (Å²) in [6, 6.07) is 17.2. The third-order valence-corrected chi connectivity index (χ3v) is 4.39. The standard InChI is InChI=1S/C21H20N4O2/c26-21(25-12-6-7-13-25)18-14-23-20(15-22-18)24-17-10-4-5-11-19(17)27-16-8-2-1-3-9-16/h1-5,8-11,14-15H,6-7,12-13H2,(H,23,24). The lowest BCUT2D eigenvalue weighted by Gasteiger charge is -2.15. The summed E-state index contributed by atoms with van der Waals surface area (Å²) in [5, 5.41) is 3.20. The molecule has 2 heterocycles. The molecule has 0 bridgehead atoms. The average Bonchev–Trinajstić information content (AvgIpc) is 3.25. The summed E-state index contributed by atoms with van der Waals surface area (Å²) in [5.41, 5.74) is 1.14. The SMILES string of the molecule is O=C(c1cnc(Nc2ccccc2Oc2ccccc2)cn1)N1CCCC1. The highest BCUT2D eigenvalue weighted by Gasteiger charge is 2.20. The Morgan fingerprint density at radius 3 is 2.41 bits per heavy atom. The monoisotopic (exact) mass is 360 g/mol. The van der Waals surface area contributed by atoms with Crippen LogP contribution in [0.1, 0.15) is 23.3 Å². The van der Waals surface area contributed by atoms with Gasteiger partial charge in [-0.3, -0.25) is 4.79 Å². The molecule has 0 atom stereocenters. The highest BCUT2D eigenvalue weighted by molar-refractivity contribution is 5.92. The van der Waals surface area contributed by atoms with Gasteiger partial charge in [0.1, 0.15) is 17.3 Å². The number of para-hydroxylation sites is 3. The van der Waals surface area contributed by atoms with Crippen molar-refractivity contribution in [1.82, 2.24) is 14.9 Å². The maximum atomic E-state index is 12.4. The van der Waals surface area contributed by atoms with Crippen LogP contribution in [-0.2, 0) is 0 Å². The van der Waals surface area contributed by atoms with Gasteiger partial charge in [-0.25, -0.2) is 9.97 Å². The Labute approximate surface area is 157 Å². The van der Waals surface area contributed by atoms with Crippen molar-refractivity contribution < 1.29 is 9.53 Å². The lowest BCUT2D eigenvalue weighted by atomic mass is 10.3. The zero-order chi connectivity index (χ0) is 18.5. The quantitative estimate of drug-likeness (QED) is 0.737. The summed E-state index contributed by atoms with van der Waals surface area (Å²) in [7, 11) is 0. The largest absolute Gasteiger partial charge is 0.455 e. The van der Waals surface area contributed by atoms with Crippen LogP contribution in [0, 0.1) is 0 Å². The van der Waals surface area contributed by atoms with Crippen molar-refractivity contribution in [2.75, 3.05) is 18.4 Å². The molecule has 27 heavy (non-hydrogen) atoms. The first-order valence-electron chi connectivity index (χ1n) is 9.00. The number of hydrogen-bond acceptors (Lipinski definition) is 5. The van der Waals surface area contributed by atoms with E-state index in [2.05, 4.69) is 15.3 Å². The number of aromatic nitrogens is 2. The van der Waals surface area contributed by atoms with Crippen molar-refractivity contribution in [2.24, 2.45) is 0 Å². The van der Waals surface area contributed by atoms with Gasteiger partial charge in [-0.05, 0) is 37.1 Å².